The summed E-state index contributed by atoms with van der Waals surface area (Å²) in [4.78, 5) is 0. The van der Waals surface area contributed by atoms with Crippen LogP contribution in [0.25, 0.3) is 11.1 Å². The van der Waals surface area contributed by atoms with E-state index in [1.54, 1.807) is 6.08 Å². The van der Waals surface area contributed by atoms with Crippen LogP contribution in [0.4, 0.5) is 39.5 Å². The van der Waals surface area contributed by atoms with E-state index < -0.39 is 59.7 Å². The standard InChI is InChI=1S/C30H25F9O2/c31-12-2-1-3-17-4-6-18(7-5-17)20-14-25(34)28(26(35)15-20)30(38,39)41-21-9-10-22(23(32)16-21)19-8-11-27(24(33)13-19)40-29(36)37/h1,3,8-11,13-18,29H,2,4-7,12H2/b3-1+. The van der Waals surface area contributed by atoms with Crippen molar-refractivity contribution in [2.24, 2.45) is 5.92 Å². The summed E-state index contributed by atoms with van der Waals surface area (Å²) >= 11 is 0. The minimum absolute atomic E-state index is 0.114. The molecule has 0 unspecified atom stereocenters. The zero-order valence-electron chi connectivity index (χ0n) is 21.5. The van der Waals surface area contributed by atoms with Gasteiger partial charge in [-0.1, -0.05) is 18.2 Å². The number of ether oxygens (including phenoxy) is 2. The van der Waals surface area contributed by atoms with Crippen LogP contribution in [0.2, 0.25) is 0 Å². The Hall–Kier alpha value is -3.63. The molecule has 0 amide bonds. The molecule has 3 aromatic rings. The Kier molecular flexibility index (Phi) is 9.55. The van der Waals surface area contributed by atoms with E-state index in [2.05, 4.69) is 9.47 Å². The fourth-order valence-electron chi connectivity index (χ4n) is 4.96. The number of alkyl halides is 5. The molecule has 4 rings (SSSR count). The lowest BCUT2D eigenvalue weighted by atomic mass is 9.78. The number of rotatable bonds is 10. The van der Waals surface area contributed by atoms with Crippen LogP contribution in [-0.2, 0) is 6.11 Å². The third kappa shape index (κ3) is 7.37. The molecule has 0 spiro atoms. The van der Waals surface area contributed by atoms with Crippen molar-refractivity contribution in [2.75, 3.05) is 6.67 Å². The molecule has 0 bridgehead atoms. The van der Waals surface area contributed by atoms with Crippen molar-refractivity contribution < 1.29 is 49.0 Å². The minimum atomic E-state index is -4.51. The summed E-state index contributed by atoms with van der Waals surface area (Å²) < 4.78 is 134. The first-order valence-electron chi connectivity index (χ1n) is 12.8. The molecule has 0 N–H and O–H groups in total. The Balaban J connectivity index is 1.48. The lowest BCUT2D eigenvalue weighted by Gasteiger charge is -2.28. The van der Waals surface area contributed by atoms with Gasteiger partial charge in [-0.15, -0.1) is 0 Å². The molecule has 2 nitrogen and oxygen atoms in total. The van der Waals surface area contributed by atoms with E-state index >= 15 is 0 Å². The van der Waals surface area contributed by atoms with Gasteiger partial charge in [0.05, 0.1) is 6.67 Å². The second-order valence-electron chi connectivity index (χ2n) is 9.66. The maximum Gasteiger partial charge on any atom is 0.432 e. The fourth-order valence-corrected chi connectivity index (χ4v) is 4.96. The van der Waals surface area contributed by atoms with Gasteiger partial charge in [0.15, 0.2) is 11.6 Å². The Morgan fingerprint density at radius 3 is 2.10 bits per heavy atom. The van der Waals surface area contributed by atoms with E-state index in [9.17, 15) is 39.5 Å². The van der Waals surface area contributed by atoms with Gasteiger partial charge in [-0.25, -0.2) is 17.6 Å². The van der Waals surface area contributed by atoms with Crippen LogP contribution in [0.1, 0.15) is 49.1 Å². The lowest BCUT2D eigenvalue weighted by molar-refractivity contribution is -0.189. The summed E-state index contributed by atoms with van der Waals surface area (Å²) in [5, 5.41) is 0. The van der Waals surface area contributed by atoms with Crippen molar-refractivity contribution in [3.63, 3.8) is 0 Å². The summed E-state index contributed by atoms with van der Waals surface area (Å²) in [6, 6.07) is 6.71. The first kappa shape index (κ1) is 30.3. The molecule has 41 heavy (non-hydrogen) atoms. The largest absolute Gasteiger partial charge is 0.432 e. The summed E-state index contributed by atoms with van der Waals surface area (Å²) in [6.45, 7) is -3.73. The highest BCUT2D eigenvalue weighted by Gasteiger charge is 2.41. The first-order chi connectivity index (χ1) is 19.5. The molecular formula is C30H25F9O2. The average Bonchev–Trinajstić information content (AvgIpc) is 2.89. The van der Waals surface area contributed by atoms with Gasteiger partial charge in [0.2, 0.25) is 0 Å². The van der Waals surface area contributed by atoms with E-state index in [4.69, 9.17) is 0 Å². The topological polar surface area (TPSA) is 18.5 Å². The van der Waals surface area contributed by atoms with Crippen LogP contribution < -0.4 is 9.47 Å². The fraction of sp³-hybridized carbons (Fsp3) is 0.333. The Morgan fingerprint density at radius 1 is 0.829 bits per heavy atom. The second kappa shape index (κ2) is 12.9. The average molecular weight is 589 g/mol. The maximum absolute atomic E-state index is 14.9. The van der Waals surface area contributed by atoms with Crippen LogP contribution >= 0.6 is 0 Å². The molecule has 0 heterocycles. The highest BCUT2D eigenvalue weighted by molar-refractivity contribution is 5.66. The van der Waals surface area contributed by atoms with Crippen molar-refractivity contribution in [1.82, 2.24) is 0 Å². The van der Waals surface area contributed by atoms with Crippen molar-refractivity contribution in [3.05, 3.63) is 95.1 Å². The summed E-state index contributed by atoms with van der Waals surface area (Å²) in [5.41, 5.74) is -1.79. The molecule has 1 aliphatic carbocycles. The number of allylic oxidation sites excluding steroid dienone is 2. The Bertz CT molecular complexity index is 1360. The highest BCUT2D eigenvalue weighted by atomic mass is 19.3. The summed E-state index contributed by atoms with van der Waals surface area (Å²) in [7, 11) is 0. The van der Waals surface area contributed by atoms with E-state index in [-0.39, 0.29) is 28.5 Å². The van der Waals surface area contributed by atoms with Crippen LogP contribution in [-0.4, -0.2) is 13.3 Å². The highest BCUT2D eigenvalue weighted by Crippen LogP contribution is 2.41. The van der Waals surface area contributed by atoms with E-state index in [0.29, 0.717) is 44.2 Å². The lowest BCUT2D eigenvalue weighted by Crippen LogP contribution is -2.25. The van der Waals surface area contributed by atoms with Crippen molar-refractivity contribution in [2.45, 2.75) is 50.7 Å². The van der Waals surface area contributed by atoms with Gasteiger partial charge in [-0.2, -0.15) is 17.6 Å². The van der Waals surface area contributed by atoms with Gasteiger partial charge < -0.3 is 9.47 Å². The van der Waals surface area contributed by atoms with Gasteiger partial charge in [-0.3, -0.25) is 4.39 Å². The molecule has 0 saturated heterocycles. The molecular weight excluding hydrogens is 563 g/mol. The van der Waals surface area contributed by atoms with E-state index in [0.717, 1.165) is 36.4 Å². The zero-order chi connectivity index (χ0) is 29.7. The summed E-state index contributed by atoms with van der Waals surface area (Å²) in [6.07, 6.45) is 2.05. The first-order valence-corrected chi connectivity index (χ1v) is 12.8. The third-order valence-electron chi connectivity index (χ3n) is 6.93. The second-order valence-corrected chi connectivity index (χ2v) is 9.66. The van der Waals surface area contributed by atoms with Crippen molar-refractivity contribution in [3.8, 4) is 22.6 Å². The van der Waals surface area contributed by atoms with Gasteiger partial charge >= 0.3 is 12.7 Å². The Labute approximate surface area is 230 Å². The monoisotopic (exact) mass is 588 g/mol. The van der Waals surface area contributed by atoms with Crippen LogP contribution in [0.5, 0.6) is 11.5 Å². The van der Waals surface area contributed by atoms with Gasteiger partial charge in [-0.05, 0) is 91.5 Å². The molecule has 3 aromatic carbocycles. The molecule has 1 aliphatic rings. The minimum Gasteiger partial charge on any atom is -0.432 e. The zero-order valence-corrected chi connectivity index (χ0v) is 21.5. The molecule has 1 saturated carbocycles. The number of hydrogen-bond donors (Lipinski definition) is 0. The molecule has 220 valence electrons. The van der Waals surface area contributed by atoms with E-state index in [1.165, 1.54) is 0 Å². The number of benzene rings is 3. The molecule has 0 atom stereocenters. The predicted molar refractivity (Wildman–Crippen MR) is 134 cm³/mol. The molecule has 0 radical (unpaired) electrons. The number of halogens is 9. The van der Waals surface area contributed by atoms with Crippen LogP contribution in [0.3, 0.4) is 0 Å². The van der Waals surface area contributed by atoms with Crippen molar-refractivity contribution in [1.29, 1.82) is 0 Å². The maximum atomic E-state index is 14.9. The molecule has 11 heteroatoms. The normalized spacial score (nSPS) is 17.8. The van der Waals surface area contributed by atoms with Crippen molar-refractivity contribution >= 4 is 0 Å². The van der Waals surface area contributed by atoms with Gasteiger partial charge in [0.25, 0.3) is 0 Å². The smallest absolute Gasteiger partial charge is 0.432 e. The predicted octanol–water partition coefficient (Wildman–Crippen LogP) is 9.83. The van der Waals surface area contributed by atoms with Crippen LogP contribution in [0.15, 0.2) is 60.7 Å². The van der Waals surface area contributed by atoms with Gasteiger partial charge in [0.1, 0.15) is 28.8 Å². The SMILES string of the molecule is FCC/C=C/C1CCC(c2cc(F)c(C(F)(F)Oc3ccc(-c4ccc(OC(F)F)c(F)c4)c(F)c3)c(F)c2)CC1. The van der Waals surface area contributed by atoms with Crippen LogP contribution in [0, 0.1) is 29.2 Å². The van der Waals surface area contributed by atoms with E-state index in [1.807, 2.05) is 6.08 Å². The third-order valence-corrected chi connectivity index (χ3v) is 6.93. The Morgan fingerprint density at radius 2 is 1.51 bits per heavy atom. The molecule has 0 aliphatic heterocycles. The summed E-state index contributed by atoms with van der Waals surface area (Å²) in [5.74, 6) is -6.95. The molecule has 1 fully saturated rings. The van der Waals surface area contributed by atoms with Gasteiger partial charge in [0, 0.05) is 11.6 Å². The number of hydrogen-bond acceptors (Lipinski definition) is 2. The quantitative estimate of drug-likeness (QED) is 0.173. The molecule has 0 aromatic heterocycles.